The van der Waals surface area contributed by atoms with Crippen molar-refractivity contribution in [3.8, 4) is 11.1 Å². The van der Waals surface area contributed by atoms with Crippen molar-refractivity contribution in [1.82, 2.24) is 19.8 Å². The second-order valence-corrected chi connectivity index (χ2v) is 9.94. The van der Waals surface area contributed by atoms with Crippen LogP contribution in [0, 0.1) is 6.92 Å². The highest BCUT2D eigenvalue weighted by molar-refractivity contribution is 5.79. The minimum atomic E-state index is -0.998. The summed E-state index contributed by atoms with van der Waals surface area (Å²) in [5.74, 6) is -1.07. The fraction of sp³-hybridized carbons (Fsp3) is 0.357. The largest absolute Gasteiger partial charge is 0.480 e. The number of aromatic nitrogens is 2. The summed E-state index contributed by atoms with van der Waals surface area (Å²) in [6, 6.07) is 14.6. The van der Waals surface area contributed by atoms with Gasteiger partial charge in [-0.2, -0.15) is 0 Å². The van der Waals surface area contributed by atoms with Gasteiger partial charge in [0.2, 0.25) is 0 Å². The number of nitrogens with zero attached hydrogens (tertiary/aromatic N) is 2. The number of H-pyrrole nitrogens is 1. The molecule has 3 aromatic rings. The summed E-state index contributed by atoms with van der Waals surface area (Å²) in [5, 5.41) is 12.4. The SMILES string of the molecule is Cc1cn([C@@H]2C[C@H](CNC(=O)OCC3c4ccccc4-c4ccccc43)N([C@@H](C)C(=O)O)C2)c(=O)[nH]c1=O. The number of aromatic amines is 1. The van der Waals surface area contributed by atoms with E-state index < -0.39 is 29.4 Å². The Bertz CT molecular complexity index is 1450. The van der Waals surface area contributed by atoms with Gasteiger partial charge in [0.1, 0.15) is 12.6 Å². The molecule has 1 aromatic heterocycles. The first-order valence-electron chi connectivity index (χ1n) is 12.6. The predicted molar refractivity (Wildman–Crippen MR) is 140 cm³/mol. The molecule has 5 rings (SSSR count). The Hall–Kier alpha value is -4.18. The lowest BCUT2D eigenvalue weighted by molar-refractivity contribution is -0.142. The molecule has 2 aliphatic rings. The summed E-state index contributed by atoms with van der Waals surface area (Å²) in [4.78, 5) is 52.7. The molecule has 10 heteroatoms. The van der Waals surface area contributed by atoms with Crippen LogP contribution in [0.1, 0.15) is 42.0 Å². The van der Waals surface area contributed by atoms with Crippen LogP contribution in [0.3, 0.4) is 0 Å². The summed E-state index contributed by atoms with van der Waals surface area (Å²) < 4.78 is 7.06. The van der Waals surface area contributed by atoms with E-state index in [4.69, 9.17) is 4.74 Å². The molecule has 0 bridgehead atoms. The number of carbonyl (C=O) groups is 2. The standard InChI is InChI=1S/C28H30N4O6/c1-16-13-32(27(36)30-25(16)33)19-11-18(31(14-19)17(2)26(34)35)12-29-28(37)38-15-24-22-9-5-3-7-20(22)21-8-4-6-10-23(21)24/h3-10,13,17-19,24H,11-12,14-15H2,1-2H3,(H,29,37)(H,34,35)(H,30,33,36)/t17-,18+,19+/m0/s1. The number of rotatable bonds is 7. The van der Waals surface area contributed by atoms with E-state index in [1.807, 2.05) is 36.4 Å². The number of benzene rings is 2. The molecule has 2 aromatic carbocycles. The van der Waals surface area contributed by atoms with Crippen molar-refractivity contribution >= 4 is 12.1 Å². The first kappa shape index (κ1) is 25.5. The second kappa shape index (κ2) is 10.3. The second-order valence-electron chi connectivity index (χ2n) is 9.94. The third kappa shape index (κ3) is 4.74. The Morgan fingerprint density at radius 3 is 2.37 bits per heavy atom. The fourth-order valence-electron chi connectivity index (χ4n) is 5.64. The molecule has 38 heavy (non-hydrogen) atoms. The molecule has 0 radical (unpaired) electrons. The summed E-state index contributed by atoms with van der Waals surface area (Å²) in [6.07, 6.45) is 1.33. The molecule has 10 nitrogen and oxygen atoms in total. The quantitative estimate of drug-likeness (QED) is 0.438. The number of alkyl carbamates (subject to hydrolysis) is 1. The molecule has 1 saturated heterocycles. The molecule has 1 aliphatic carbocycles. The van der Waals surface area contributed by atoms with Crippen molar-refractivity contribution in [3.63, 3.8) is 0 Å². The monoisotopic (exact) mass is 518 g/mol. The average molecular weight is 519 g/mol. The van der Waals surface area contributed by atoms with Gasteiger partial charge in [-0.15, -0.1) is 0 Å². The van der Waals surface area contributed by atoms with E-state index in [2.05, 4.69) is 22.4 Å². The Labute approximate surface area is 218 Å². The van der Waals surface area contributed by atoms with Crippen LogP contribution >= 0.6 is 0 Å². The summed E-state index contributed by atoms with van der Waals surface area (Å²) in [6.45, 7) is 3.80. The zero-order valence-electron chi connectivity index (χ0n) is 21.2. The summed E-state index contributed by atoms with van der Waals surface area (Å²) in [5.41, 5.74) is 3.90. The van der Waals surface area contributed by atoms with Gasteiger partial charge >= 0.3 is 17.8 Å². The molecule has 1 fully saturated rings. The molecule has 3 atom stereocenters. The third-order valence-corrected chi connectivity index (χ3v) is 7.65. The molecular formula is C28H30N4O6. The zero-order chi connectivity index (χ0) is 27.0. The molecule has 0 unspecified atom stereocenters. The lowest BCUT2D eigenvalue weighted by atomic mass is 9.98. The van der Waals surface area contributed by atoms with Crippen molar-refractivity contribution < 1.29 is 19.4 Å². The number of carbonyl (C=O) groups excluding carboxylic acids is 1. The van der Waals surface area contributed by atoms with Gasteiger partial charge < -0.3 is 15.2 Å². The number of hydrogen-bond acceptors (Lipinski definition) is 6. The Balaban J connectivity index is 1.26. The van der Waals surface area contributed by atoms with Gasteiger partial charge in [0.25, 0.3) is 5.56 Å². The number of aryl methyl sites for hydroxylation is 1. The average Bonchev–Trinajstić information content (AvgIpc) is 3.47. The number of aliphatic carboxylic acids is 1. The maximum Gasteiger partial charge on any atom is 0.407 e. The van der Waals surface area contributed by atoms with Gasteiger partial charge in [0, 0.05) is 36.8 Å². The van der Waals surface area contributed by atoms with Gasteiger partial charge in [-0.3, -0.25) is 24.0 Å². The summed E-state index contributed by atoms with van der Waals surface area (Å²) in [7, 11) is 0. The molecule has 1 aliphatic heterocycles. The van der Waals surface area contributed by atoms with E-state index >= 15 is 0 Å². The maximum absolute atomic E-state index is 12.7. The van der Waals surface area contributed by atoms with Crippen molar-refractivity contribution in [2.24, 2.45) is 0 Å². The van der Waals surface area contributed by atoms with E-state index in [0.717, 1.165) is 22.3 Å². The lowest BCUT2D eigenvalue weighted by Gasteiger charge is -2.27. The zero-order valence-corrected chi connectivity index (χ0v) is 21.2. The van der Waals surface area contributed by atoms with Gasteiger partial charge in [-0.1, -0.05) is 48.5 Å². The number of carboxylic acid groups (broad SMARTS) is 1. The molecule has 3 N–H and O–H groups in total. The van der Waals surface area contributed by atoms with Crippen molar-refractivity contribution in [2.45, 2.75) is 44.3 Å². The first-order chi connectivity index (χ1) is 18.2. The minimum Gasteiger partial charge on any atom is -0.480 e. The van der Waals surface area contributed by atoms with E-state index in [0.29, 0.717) is 12.0 Å². The minimum absolute atomic E-state index is 0.0668. The normalized spacial score (nSPS) is 19.5. The predicted octanol–water partition coefficient (Wildman–Crippen LogP) is 2.47. The van der Waals surface area contributed by atoms with Crippen LogP contribution in [-0.4, -0.2) is 63.4 Å². The third-order valence-electron chi connectivity index (χ3n) is 7.65. The molecule has 1 amide bonds. The van der Waals surface area contributed by atoms with Crippen LogP contribution < -0.4 is 16.6 Å². The Kier molecular flexibility index (Phi) is 6.90. The number of hydrogen-bond donors (Lipinski definition) is 3. The van der Waals surface area contributed by atoms with Crippen molar-refractivity contribution in [2.75, 3.05) is 19.7 Å². The molecule has 198 valence electrons. The topological polar surface area (TPSA) is 134 Å². The number of carboxylic acids is 1. The van der Waals surface area contributed by atoms with Crippen LogP contribution in [0.5, 0.6) is 0 Å². The molecule has 2 heterocycles. The smallest absolute Gasteiger partial charge is 0.407 e. The Morgan fingerprint density at radius 1 is 1.11 bits per heavy atom. The van der Waals surface area contributed by atoms with E-state index in [9.17, 15) is 24.3 Å². The number of ether oxygens (including phenoxy) is 1. The van der Waals surface area contributed by atoms with Gasteiger partial charge in [0.05, 0.1) is 6.04 Å². The molecule has 0 spiro atoms. The van der Waals surface area contributed by atoms with Crippen LogP contribution in [0.2, 0.25) is 0 Å². The fourth-order valence-corrected chi connectivity index (χ4v) is 5.64. The highest BCUT2D eigenvalue weighted by atomic mass is 16.5. The highest BCUT2D eigenvalue weighted by Gasteiger charge is 2.39. The number of likely N-dealkylation sites (tertiary alicyclic amines) is 1. The highest BCUT2D eigenvalue weighted by Crippen LogP contribution is 2.44. The van der Waals surface area contributed by atoms with Crippen LogP contribution in [-0.2, 0) is 9.53 Å². The van der Waals surface area contributed by atoms with Crippen LogP contribution in [0.15, 0.2) is 64.3 Å². The van der Waals surface area contributed by atoms with Crippen LogP contribution in [0.4, 0.5) is 4.79 Å². The number of amides is 1. The van der Waals surface area contributed by atoms with E-state index in [1.54, 1.807) is 18.7 Å². The van der Waals surface area contributed by atoms with E-state index in [-0.39, 0.29) is 37.7 Å². The first-order valence-corrected chi connectivity index (χ1v) is 12.6. The Morgan fingerprint density at radius 2 is 1.74 bits per heavy atom. The van der Waals surface area contributed by atoms with E-state index in [1.165, 1.54) is 10.8 Å². The van der Waals surface area contributed by atoms with Crippen LogP contribution in [0.25, 0.3) is 11.1 Å². The number of nitrogens with one attached hydrogen (secondary N) is 2. The molecular weight excluding hydrogens is 488 g/mol. The summed E-state index contributed by atoms with van der Waals surface area (Å²) >= 11 is 0. The van der Waals surface area contributed by atoms with Gasteiger partial charge in [-0.25, -0.2) is 9.59 Å². The van der Waals surface area contributed by atoms with Crippen molar-refractivity contribution in [3.05, 3.63) is 92.3 Å². The van der Waals surface area contributed by atoms with Gasteiger partial charge in [0.15, 0.2) is 0 Å². The van der Waals surface area contributed by atoms with Gasteiger partial charge in [-0.05, 0) is 42.5 Å². The molecule has 0 saturated carbocycles. The lowest BCUT2D eigenvalue weighted by Crippen LogP contribution is -2.47. The number of fused-ring (bicyclic) bond motifs is 3. The maximum atomic E-state index is 12.7. The van der Waals surface area contributed by atoms with Crippen molar-refractivity contribution in [1.29, 1.82) is 0 Å².